The quantitative estimate of drug-likeness (QED) is 0.477. The van der Waals surface area contributed by atoms with Crippen LogP contribution in [0.5, 0.6) is 0 Å². The molecule has 0 fully saturated rings. The van der Waals surface area contributed by atoms with Crippen molar-refractivity contribution < 1.29 is 4.92 Å². The van der Waals surface area contributed by atoms with E-state index in [-0.39, 0.29) is 10.6 Å². The first-order valence-corrected chi connectivity index (χ1v) is 5.81. The number of hydrogen-bond acceptors (Lipinski definition) is 2. The third-order valence-electron chi connectivity index (χ3n) is 2.43. The van der Waals surface area contributed by atoms with Gasteiger partial charge in [-0.05, 0) is 25.3 Å². The van der Waals surface area contributed by atoms with Gasteiger partial charge in [-0.15, -0.1) is 0 Å². The number of hydrogen-bond donors (Lipinski definition) is 0. The molecule has 0 aliphatic carbocycles. The van der Waals surface area contributed by atoms with Crippen molar-refractivity contribution in [1.82, 2.24) is 0 Å². The molecule has 1 unspecified atom stereocenters. The number of aryl methyl sites for hydroxylation is 1. The Morgan fingerprint density at radius 2 is 2.20 bits per heavy atom. The molecule has 3 nitrogen and oxygen atoms in total. The SMILES string of the molecule is Cc1c(CCC(C)Br)cccc1[N+](=O)[O-]. The highest BCUT2D eigenvalue weighted by atomic mass is 79.9. The second-order valence-electron chi connectivity index (χ2n) is 3.64. The number of alkyl halides is 1. The number of nitrogens with zero attached hydrogens (tertiary/aromatic N) is 1. The molecule has 0 bridgehead atoms. The minimum Gasteiger partial charge on any atom is -0.258 e. The largest absolute Gasteiger partial charge is 0.272 e. The monoisotopic (exact) mass is 271 g/mol. The Morgan fingerprint density at radius 3 is 2.73 bits per heavy atom. The van der Waals surface area contributed by atoms with Crippen LogP contribution in [0.4, 0.5) is 5.69 Å². The summed E-state index contributed by atoms with van der Waals surface area (Å²) in [6.45, 7) is 3.89. The Morgan fingerprint density at radius 1 is 1.53 bits per heavy atom. The van der Waals surface area contributed by atoms with Crippen LogP contribution in [-0.2, 0) is 6.42 Å². The maximum Gasteiger partial charge on any atom is 0.272 e. The summed E-state index contributed by atoms with van der Waals surface area (Å²) in [4.78, 5) is 10.8. The van der Waals surface area contributed by atoms with E-state index in [1.54, 1.807) is 12.1 Å². The van der Waals surface area contributed by atoms with Gasteiger partial charge in [-0.1, -0.05) is 35.0 Å². The highest BCUT2D eigenvalue weighted by Gasteiger charge is 2.12. The molecule has 1 rings (SSSR count). The van der Waals surface area contributed by atoms with Gasteiger partial charge in [0.25, 0.3) is 5.69 Å². The van der Waals surface area contributed by atoms with E-state index in [1.807, 2.05) is 13.0 Å². The van der Waals surface area contributed by atoms with Crippen molar-refractivity contribution in [3.8, 4) is 0 Å². The predicted molar refractivity (Wildman–Crippen MR) is 64.5 cm³/mol. The van der Waals surface area contributed by atoms with Crippen LogP contribution in [0.25, 0.3) is 0 Å². The normalized spacial score (nSPS) is 12.5. The average molecular weight is 272 g/mol. The van der Waals surface area contributed by atoms with E-state index in [2.05, 4.69) is 22.9 Å². The molecule has 82 valence electrons. The molecule has 0 heterocycles. The lowest BCUT2D eigenvalue weighted by atomic mass is 10.0. The van der Waals surface area contributed by atoms with Gasteiger partial charge in [0.2, 0.25) is 0 Å². The fourth-order valence-electron chi connectivity index (χ4n) is 1.49. The fourth-order valence-corrected chi connectivity index (χ4v) is 1.72. The van der Waals surface area contributed by atoms with E-state index < -0.39 is 0 Å². The van der Waals surface area contributed by atoms with Crippen LogP contribution in [0.15, 0.2) is 18.2 Å². The van der Waals surface area contributed by atoms with E-state index >= 15 is 0 Å². The lowest BCUT2D eigenvalue weighted by Gasteiger charge is -2.07. The summed E-state index contributed by atoms with van der Waals surface area (Å²) in [6.07, 6.45) is 1.86. The lowest BCUT2D eigenvalue weighted by molar-refractivity contribution is -0.385. The van der Waals surface area contributed by atoms with Gasteiger partial charge >= 0.3 is 0 Å². The third kappa shape index (κ3) is 3.30. The van der Waals surface area contributed by atoms with Crippen molar-refractivity contribution in [2.45, 2.75) is 31.5 Å². The molecule has 0 radical (unpaired) electrons. The summed E-state index contributed by atoms with van der Waals surface area (Å²) in [5.41, 5.74) is 2.07. The Bertz CT molecular complexity index is 364. The number of nitro groups is 1. The van der Waals surface area contributed by atoms with Crippen LogP contribution in [0.3, 0.4) is 0 Å². The fraction of sp³-hybridized carbons (Fsp3) is 0.455. The smallest absolute Gasteiger partial charge is 0.258 e. The molecule has 1 aromatic rings. The maximum absolute atomic E-state index is 10.7. The molecular weight excluding hydrogens is 258 g/mol. The van der Waals surface area contributed by atoms with Crippen molar-refractivity contribution in [3.63, 3.8) is 0 Å². The van der Waals surface area contributed by atoms with E-state index in [9.17, 15) is 10.1 Å². The van der Waals surface area contributed by atoms with Crippen LogP contribution in [0.2, 0.25) is 0 Å². The van der Waals surface area contributed by atoms with Gasteiger partial charge in [-0.25, -0.2) is 0 Å². The molecular formula is C11H14BrNO2. The van der Waals surface area contributed by atoms with E-state index in [4.69, 9.17) is 0 Å². The molecule has 0 aromatic heterocycles. The molecule has 1 atom stereocenters. The summed E-state index contributed by atoms with van der Waals surface area (Å²) in [6, 6.07) is 5.26. The number of rotatable bonds is 4. The number of halogens is 1. The van der Waals surface area contributed by atoms with E-state index in [1.165, 1.54) is 0 Å². The van der Waals surface area contributed by atoms with Crippen molar-refractivity contribution >= 4 is 21.6 Å². The Balaban J connectivity index is 2.89. The lowest BCUT2D eigenvalue weighted by Crippen LogP contribution is -1.99. The zero-order chi connectivity index (χ0) is 11.4. The first-order chi connectivity index (χ1) is 7.02. The Kier molecular flexibility index (Phi) is 4.27. The van der Waals surface area contributed by atoms with Crippen molar-refractivity contribution in [2.24, 2.45) is 0 Å². The average Bonchev–Trinajstić information content (AvgIpc) is 2.15. The van der Waals surface area contributed by atoms with E-state index in [0.717, 1.165) is 24.0 Å². The Hall–Kier alpha value is -0.900. The molecule has 0 N–H and O–H groups in total. The standard InChI is InChI=1S/C11H14BrNO2/c1-8(12)6-7-10-4-3-5-11(9(10)2)13(14)15/h3-5,8H,6-7H2,1-2H3. The molecule has 0 aliphatic rings. The van der Waals surface area contributed by atoms with Gasteiger partial charge in [0.15, 0.2) is 0 Å². The van der Waals surface area contributed by atoms with Gasteiger partial charge in [0, 0.05) is 16.5 Å². The third-order valence-corrected chi connectivity index (χ3v) is 2.88. The van der Waals surface area contributed by atoms with E-state index in [0.29, 0.717) is 4.83 Å². The van der Waals surface area contributed by atoms with Crippen LogP contribution in [0.1, 0.15) is 24.5 Å². The molecule has 0 amide bonds. The Labute approximate surface area is 97.8 Å². The van der Waals surface area contributed by atoms with Crippen molar-refractivity contribution in [1.29, 1.82) is 0 Å². The minimum atomic E-state index is -0.323. The molecule has 15 heavy (non-hydrogen) atoms. The van der Waals surface area contributed by atoms with Gasteiger partial charge < -0.3 is 0 Å². The van der Waals surface area contributed by atoms with Gasteiger partial charge in [-0.3, -0.25) is 10.1 Å². The molecule has 4 heteroatoms. The summed E-state index contributed by atoms with van der Waals surface area (Å²) < 4.78 is 0. The van der Waals surface area contributed by atoms with Crippen LogP contribution >= 0.6 is 15.9 Å². The summed E-state index contributed by atoms with van der Waals surface area (Å²) in [5, 5.41) is 10.7. The second kappa shape index (κ2) is 5.26. The maximum atomic E-state index is 10.7. The van der Waals surface area contributed by atoms with Crippen molar-refractivity contribution in [2.75, 3.05) is 0 Å². The van der Waals surface area contributed by atoms with Gasteiger partial charge in [-0.2, -0.15) is 0 Å². The van der Waals surface area contributed by atoms with Gasteiger partial charge in [0.05, 0.1) is 4.92 Å². The van der Waals surface area contributed by atoms with Crippen LogP contribution < -0.4 is 0 Å². The molecule has 0 spiro atoms. The second-order valence-corrected chi connectivity index (χ2v) is 5.20. The highest BCUT2D eigenvalue weighted by molar-refractivity contribution is 9.09. The zero-order valence-electron chi connectivity index (χ0n) is 8.87. The predicted octanol–water partition coefficient (Wildman–Crippen LogP) is 3.62. The number of benzene rings is 1. The van der Waals surface area contributed by atoms with Gasteiger partial charge in [0.1, 0.15) is 0 Å². The summed E-state index contributed by atoms with van der Waals surface area (Å²) in [7, 11) is 0. The molecule has 0 saturated heterocycles. The molecule has 0 saturated carbocycles. The molecule has 1 aromatic carbocycles. The summed E-state index contributed by atoms with van der Waals surface area (Å²) >= 11 is 3.47. The minimum absolute atomic E-state index is 0.217. The zero-order valence-corrected chi connectivity index (χ0v) is 10.5. The van der Waals surface area contributed by atoms with Crippen LogP contribution in [-0.4, -0.2) is 9.75 Å². The first-order valence-electron chi connectivity index (χ1n) is 4.89. The van der Waals surface area contributed by atoms with Crippen LogP contribution in [0, 0.1) is 17.0 Å². The van der Waals surface area contributed by atoms with Crippen molar-refractivity contribution in [3.05, 3.63) is 39.4 Å². The first kappa shape index (κ1) is 12.2. The summed E-state index contributed by atoms with van der Waals surface area (Å²) in [5.74, 6) is 0. The number of nitro benzene ring substituents is 1. The highest BCUT2D eigenvalue weighted by Crippen LogP contribution is 2.23. The molecule has 0 aliphatic heterocycles. The topological polar surface area (TPSA) is 43.1 Å².